The SMILES string of the molecule is CC(C)C(=O)OC(CC1CCCCC1)C(O)(C(F)(F)F)C(F)(F)F. The molecule has 1 N–H and O–H groups in total. The van der Waals surface area contributed by atoms with Gasteiger partial charge in [-0.05, 0) is 12.3 Å². The number of halogens is 6. The van der Waals surface area contributed by atoms with Crippen molar-refractivity contribution in [1.29, 1.82) is 0 Å². The molecule has 0 radical (unpaired) electrons. The van der Waals surface area contributed by atoms with Crippen molar-refractivity contribution >= 4 is 5.97 Å². The van der Waals surface area contributed by atoms with Gasteiger partial charge in [0.1, 0.15) is 6.10 Å². The summed E-state index contributed by atoms with van der Waals surface area (Å²) in [5.41, 5.74) is -5.08. The van der Waals surface area contributed by atoms with Gasteiger partial charge in [0.15, 0.2) is 0 Å². The Labute approximate surface area is 136 Å². The van der Waals surface area contributed by atoms with Crippen LogP contribution in [0.1, 0.15) is 52.4 Å². The smallest absolute Gasteiger partial charge is 0.430 e. The van der Waals surface area contributed by atoms with Gasteiger partial charge in [-0.2, -0.15) is 26.3 Å². The van der Waals surface area contributed by atoms with E-state index in [1.807, 2.05) is 0 Å². The van der Waals surface area contributed by atoms with E-state index in [0.717, 1.165) is 6.42 Å². The van der Waals surface area contributed by atoms with Gasteiger partial charge in [0.2, 0.25) is 0 Å². The molecular formula is C15H22F6O3. The molecule has 0 bridgehead atoms. The molecule has 1 saturated carbocycles. The van der Waals surface area contributed by atoms with Crippen molar-refractivity contribution < 1.29 is 41.0 Å². The van der Waals surface area contributed by atoms with E-state index in [0.29, 0.717) is 25.7 Å². The Morgan fingerprint density at radius 1 is 1.04 bits per heavy atom. The van der Waals surface area contributed by atoms with Crippen molar-refractivity contribution in [3.05, 3.63) is 0 Å². The Kier molecular flexibility index (Phi) is 6.57. The van der Waals surface area contributed by atoms with Gasteiger partial charge in [0.05, 0.1) is 5.92 Å². The maximum absolute atomic E-state index is 13.1. The van der Waals surface area contributed by atoms with Crippen LogP contribution in [-0.2, 0) is 9.53 Å². The molecule has 1 aliphatic rings. The van der Waals surface area contributed by atoms with Crippen LogP contribution in [0.5, 0.6) is 0 Å². The van der Waals surface area contributed by atoms with Crippen LogP contribution < -0.4 is 0 Å². The molecule has 0 spiro atoms. The highest BCUT2D eigenvalue weighted by Crippen LogP contribution is 2.48. The maximum atomic E-state index is 13.1. The predicted molar refractivity (Wildman–Crippen MR) is 73.0 cm³/mol. The average Bonchev–Trinajstić information content (AvgIpc) is 2.44. The first kappa shape index (κ1) is 21.1. The molecule has 142 valence electrons. The lowest BCUT2D eigenvalue weighted by Crippen LogP contribution is -2.65. The van der Waals surface area contributed by atoms with Crippen LogP contribution in [0.3, 0.4) is 0 Å². The van der Waals surface area contributed by atoms with Crippen LogP contribution in [0.15, 0.2) is 0 Å². The summed E-state index contributed by atoms with van der Waals surface area (Å²) in [5.74, 6) is -2.58. The van der Waals surface area contributed by atoms with E-state index in [-0.39, 0.29) is 0 Å². The van der Waals surface area contributed by atoms with E-state index in [9.17, 15) is 36.2 Å². The minimum atomic E-state index is -6.01. The van der Waals surface area contributed by atoms with E-state index in [1.54, 1.807) is 0 Å². The fourth-order valence-electron chi connectivity index (χ4n) is 2.83. The number of hydrogen-bond acceptors (Lipinski definition) is 3. The van der Waals surface area contributed by atoms with E-state index in [4.69, 9.17) is 0 Å². The topological polar surface area (TPSA) is 46.5 Å². The molecular weight excluding hydrogens is 342 g/mol. The molecule has 0 aromatic carbocycles. The predicted octanol–water partition coefficient (Wildman–Crippen LogP) is 4.38. The second-order valence-electron chi connectivity index (χ2n) is 6.58. The lowest BCUT2D eigenvalue weighted by atomic mass is 9.80. The number of ether oxygens (including phenoxy) is 1. The second kappa shape index (κ2) is 7.49. The summed E-state index contributed by atoms with van der Waals surface area (Å²) in [5, 5.41) is 9.58. The number of carbonyl (C=O) groups excluding carboxylic acids is 1. The van der Waals surface area contributed by atoms with Crippen molar-refractivity contribution in [1.82, 2.24) is 0 Å². The number of rotatable bonds is 5. The average molecular weight is 364 g/mol. The quantitative estimate of drug-likeness (QED) is 0.582. The molecule has 1 rings (SSSR count). The highest BCUT2D eigenvalue weighted by Gasteiger charge is 2.75. The van der Waals surface area contributed by atoms with Crippen LogP contribution in [0.25, 0.3) is 0 Å². The third kappa shape index (κ3) is 4.55. The molecule has 0 aromatic rings. The zero-order chi connectivity index (χ0) is 18.8. The Morgan fingerprint density at radius 3 is 1.88 bits per heavy atom. The maximum Gasteiger partial charge on any atom is 0.430 e. The summed E-state index contributed by atoms with van der Waals surface area (Å²) >= 11 is 0. The summed E-state index contributed by atoms with van der Waals surface area (Å²) in [6, 6.07) is 0. The number of carbonyl (C=O) groups is 1. The van der Waals surface area contributed by atoms with E-state index >= 15 is 0 Å². The van der Waals surface area contributed by atoms with Gasteiger partial charge in [-0.25, -0.2) is 0 Å². The number of alkyl halides is 6. The van der Waals surface area contributed by atoms with Crippen LogP contribution in [-0.4, -0.2) is 35.1 Å². The van der Waals surface area contributed by atoms with Gasteiger partial charge in [-0.15, -0.1) is 0 Å². The third-order valence-electron chi connectivity index (χ3n) is 4.33. The van der Waals surface area contributed by atoms with E-state index in [2.05, 4.69) is 4.74 Å². The monoisotopic (exact) mass is 364 g/mol. The number of esters is 1. The Balaban J connectivity index is 3.18. The molecule has 0 aliphatic heterocycles. The zero-order valence-corrected chi connectivity index (χ0v) is 13.5. The minimum absolute atomic E-state index is 0.446. The molecule has 3 nitrogen and oxygen atoms in total. The molecule has 1 fully saturated rings. The normalized spacial score (nSPS) is 19.4. The summed E-state index contributed by atoms with van der Waals surface area (Å²) in [4.78, 5) is 11.6. The van der Waals surface area contributed by atoms with Crippen molar-refractivity contribution in [2.45, 2.75) is 76.4 Å². The molecule has 0 amide bonds. The van der Waals surface area contributed by atoms with E-state index in [1.165, 1.54) is 13.8 Å². The lowest BCUT2D eigenvalue weighted by Gasteiger charge is -2.40. The van der Waals surface area contributed by atoms with Gasteiger partial charge in [0, 0.05) is 0 Å². The Bertz CT molecular complexity index is 410. The van der Waals surface area contributed by atoms with Crippen LogP contribution in [0.2, 0.25) is 0 Å². The van der Waals surface area contributed by atoms with E-state index < -0.39 is 48.3 Å². The molecule has 1 aliphatic carbocycles. The van der Waals surface area contributed by atoms with Crippen LogP contribution >= 0.6 is 0 Å². The lowest BCUT2D eigenvalue weighted by molar-refractivity contribution is -0.392. The minimum Gasteiger partial charge on any atom is -0.458 e. The first-order valence-electron chi connectivity index (χ1n) is 7.87. The van der Waals surface area contributed by atoms with Crippen LogP contribution in [0.4, 0.5) is 26.3 Å². The molecule has 0 heterocycles. The molecule has 0 aromatic heterocycles. The first-order valence-corrected chi connectivity index (χ1v) is 7.87. The van der Waals surface area contributed by atoms with Gasteiger partial charge in [-0.1, -0.05) is 46.0 Å². The van der Waals surface area contributed by atoms with Crippen molar-refractivity contribution in [2.75, 3.05) is 0 Å². The highest BCUT2D eigenvalue weighted by atomic mass is 19.4. The van der Waals surface area contributed by atoms with Crippen molar-refractivity contribution in [2.24, 2.45) is 11.8 Å². The summed E-state index contributed by atoms with van der Waals surface area (Å²) in [6.07, 6.45) is -12.3. The van der Waals surface area contributed by atoms with Gasteiger partial charge < -0.3 is 9.84 Å². The molecule has 9 heteroatoms. The van der Waals surface area contributed by atoms with Gasteiger partial charge in [0.25, 0.3) is 5.60 Å². The molecule has 1 unspecified atom stereocenters. The largest absolute Gasteiger partial charge is 0.458 e. The Hall–Kier alpha value is -0.990. The number of aliphatic hydroxyl groups is 1. The fourth-order valence-corrected chi connectivity index (χ4v) is 2.83. The molecule has 1 atom stereocenters. The summed E-state index contributed by atoms with van der Waals surface area (Å²) in [7, 11) is 0. The van der Waals surface area contributed by atoms with Gasteiger partial charge >= 0.3 is 18.3 Å². The van der Waals surface area contributed by atoms with Gasteiger partial charge in [-0.3, -0.25) is 4.79 Å². The summed E-state index contributed by atoms with van der Waals surface area (Å²) in [6.45, 7) is 2.58. The highest BCUT2D eigenvalue weighted by molar-refractivity contribution is 5.71. The fraction of sp³-hybridized carbons (Fsp3) is 0.933. The molecule has 0 saturated heterocycles. The van der Waals surface area contributed by atoms with Crippen molar-refractivity contribution in [3.63, 3.8) is 0 Å². The second-order valence-corrected chi connectivity index (χ2v) is 6.58. The zero-order valence-electron chi connectivity index (χ0n) is 13.5. The van der Waals surface area contributed by atoms with Crippen molar-refractivity contribution in [3.8, 4) is 0 Å². The van der Waals surface area contributed by atoms with Crippen LogP contribution in [0, 0.1) is 11.8 Å². The summed E-state index contributed by atoms with van der Waals surface area (Å²) < 4.78 is 83.1. The number of hydrogen-bond donors (Lipinski definition) is 1. The third-order valence-corrected chi connectivity index (χ3v) is 4.33. The molecule has 24 heavy (non-hydrogen) atoms. The standard InChI is InChI=1S/C15H22F6O3/c1-9(2)12(22)24-11(8-10-6-4-3-5-7-10)13(23,14(16,17)18)15(19,20)21/h9-11,23H,3-8H2,1-2H3. The Morgan fingerprint density at radius 2 is 1.50 bits per heavy atom. The first-order chi connectivity index (χ1) is 10.8.